The number of methoxy groups -OCH3 is 1. The fourth-order valence-corrected chi connectivity index (χ4v) is 3.24. The molecule has 0 bridgehead atoms. The van der Waals surface area contributed by atoms with Gasteiger partial charge in [-0.25, -0.2) is 4.98 Å². The smallest absolute Gasteiger partial charge is 0.185 e. The summed E-state index contributed by atoms with van der Waals surface area (Å²) >= 11 is 1.77. The van der Waals surface area contributed by atoms with Crippen molar-refractivity contribution in [3.05, 3.63) is 11.1 Å². The van der Waals surface area contributed by atoms with E-state index in [1.807, 2.05) is 0 Å². The van der Waals surface area contributed by atoms with E-state index in [0.29, 0.717) is 0 Å². The van der Waals surface area contributed by atoms with Crippen LogP contribution in [0.4, 0.5) is 5.13 Å². The molecule has 2 rings (SSSR count). The molecule has 1 aliphatic rings. The number of thiazole rings is 1. The molecule has 1 saturated heterocycles. The molecule has 0 spiro atoms. The number of piperazine rings is 1. The largest absolute Gasteiger partial charge is 0.383 e. The Morgan fingerprint density at radius 2 is 1.95 bits per heavy atom. The molecule has 0 saturated carbocycles. The standard InChI is InChI=1S/C14H25N3OS/c1-14(2,3)12-11-19-13(15-12)17-7-5-16(6-8-17)9-10-18-4/h11H,5-10H2,1-4H3. The molecule has 0 aliphatic carbocycles. The molecule has 2 heterocycles. The maximum Gasteiger partial charge on any atom is 0.185 e. The van der Waals surface area contributed by atoms with Gasteiger partial charge in [-0.3, -0.25) is 4.90 Å². The van der Waals surface area contributed by atoms with Crippen LogP contribution in [0.25, 0.3) is 0 Å². The van der Waals surface area contributed by atoms with Gasteiger partial charge in [-0.15, -0.1) is 11.3 Å². The highest BCUT2D eigenvalue weighted by Crippen LogP contribution is 2.28. The second-order valence-electron chi connectivity index (χ2n) is 6.09. The lowest BCUT2D eigenvalue weighted by atomic mass is 9.93. The van der Waals surface area contributed by atoms with Crippen molar-refractivity contribution < 1.29 is 4.74 Å². The Bertz CT molecular complexity index is 392. The van der Waals surface area contributed by atoms with Crippen LogP contribution in [0.15, 0.2) is 5.38 Å². The van der Waals surface area contributed by atoms with Gasteiger partial charge in [0.05, 0.1) is 12.3 Å². The molecule has 4 nitrogen and oxygen atoms in total. The van der Waals surface area contributed by atoms with Crippen LogP contribution in [0, 0.1) is 0 Å². The summed E-state index contributed by atoms with van der Waals surface area (Å²) in [5.41, 5.74) is 1.35. The zero-order valence-corrected chi connectivity index (χ0v) is 13.3. The molecule has 1 aromatic heterocycles. The first kappa shape index (κ1) is 14.8. The average Bonchev–Trinajstić information content (AvgIpc) is 2.86. The second-order valence-corrected chi connectivity index (χ2v) is 6.92. The van der Waals surface area contributed by atoms with E-state index in [-0.39, 0.29) is 5.41 Å². The third-order valence-electron chi connectivity index (χ3n) is 3.51. The lowest BCUT2D eigenvalue weighted by Crippen LogP contribution is -2.47. The molecular formula is C14H25N3OS. The van der Waals surface area contributed by atoms with E-state index in [1.54, 1.807) is 18.4 Å². The monoisotopic (exact) mass is 283 g/mol. The fraction of sp³-hybridized carbons (Fsp3) is 0.786. The predicted octanol–water partition coefficient (Wildman–Crippen LogP) is 2.21. The van der Waals surface area contributed by atoms with Crippen molar-refractivity contribution in [2.75, 3.05) is 51.3 Å². The fourth-order valence-electron chi connectivity index (χ4n) is 2.14. The number of rotatable bonds is 4. The van der Waals surface area contributed by atoms with Gasteiger partial charge in [-0.05, 0) is 0 Å². The quantitative estimate of drug-likeness (QED) is 0.847. The summed E-state index contributed by atoms with van der Waals surface area (Å²) in [7, 11) is 1.76. The Morgan fingerprint density at radius 3 is 2.47 bits per heavy atom. The minimum atomic E-state index is 0.148. The number of hydrogen-bond donors (Lipinski definition) is 0. The molecule has 0 atom stereocenters. The van der Waals surface area contributed by atoms with Gasteiger partial charge in [0.15, 0.2) is 5.13 Å². The van der Waals surface area contributed by atoms with E-state index in [0.717, 1.165) is 39.3 Å². The molecule has 1 fully saturated rings. The number of anilines is 1. The summed E-state index contributed by atoms with van der Waals surface area (Å²) in [4.78, 5) is 9.66. The number of ether oxygens (including phenoxy) is 1. The molecule has 0 aromatic carbocycles. The molecule has 0 amide bonds. The normalized spacial score (nSPS) is 18.0. The van der Waals surface area contributed by atoms with E-state index in [2.05, 4.69) is 36.0 Å². The van der Waals surface area contributed by atoms with Crippen LogP contribution in [-0.4, -0.2) is 56.3 Å². The summed E-state index contributed by atoms with van der Waals surface area (Å²) in [6.07, 6.45) is 0. The molecule has 0 unspecified atom stereocenters. The number of nitrogens with zero attached hydrogens (tertiary/aromatic N) is 3. The first-order chi connectivity index (χ1) is 9.00. The Balaban J connectivity index is 1.89. The Kier molecular flexibility index (Phi) is 4.81. The first-order valence-corrected chi connectivity index (χ1v) is 7.81. The average molecular weight is 283 g/mol. The molecule has 1 aliphatic heterocycles. The topological polar surface area (TPSA) is 28.6 Å². The van der Waals surface area contributed by atoms with Crippen LogP contribution in [0.2, 0.25) is 0 Å². The molecule has 5 heteroatoms. The van der Waals surface area contributed by atoms with Crippen molar-refractivity contribution in [2.45, 2.75) is 26.2 Å². The molecule has 0 radical (unpaired) electrons. The van der Waals surface area contributed by atoms with E-state index in [4.69, 9.17) is 9.72 Å². The van der Waals surface area contributed by atoms with E-state index in [1.165, 1.54) is 10.8 Å². The van der Waals surface area contributed by atoms with Gasteiger partial charge >= 0.3 is 0 Å². The van der Waals surface area contributed by atoms with E-state index in [9.17, 15) is 0 Å². The number of aromatic nitrogens is 1. The van der Waals surface area contributed by atoms with Crippen LogP contribution in [0.1, 0.15) is 26.5 Å². The Labute approximate surface area is 120 Å². The zero-order chi connectivity index (χ0) is 13.9. The van der Waals surface area contributed by atoms with Gasteiger partial charge < -0.3 is 9.64 Å². The summed E-state index contributed by atoms with van der Waals surface area (Å²) in [5.74, 6) is 0. The molecule has 0 N–H and O–H groups in total. The van der Waals surface area contributed by atoms with Crippen LogP contribution in [0.5, 0.6) is 0 Å². The van der Waals surface area contributed by atoms with Crippen molar-refractivity contribution in [1.82, 2.24) is 9.88 Å². The molecule has 1 aromatic rings. The molecule has 19 heavy (non-hydrogen) atoms. The van der Waals surface area contributed by atoms with Crippen LogP contribution < -0.4 is 4.90 Å². The van der Waals surface area contributed by atoms with Gasteiger partial charge in [0.2, 0.25) is 0 Å². The van der Waals surface area contributed by atoms with E-state index < -0.39 is 0 Å². The van der Waals surface area contributed by atoms with Gasteiger partial charge in [-0.2, -0.15) is 0 Å². The summed E-state index contributed by atoms with van der Waals surface area (Å²) in [6.45, 7) is 12.9. The van der Waals surface area contributed by atoms with Crippen LogP contribution in [0.3, 0.4) is 0 Å². The van der Waals surface area contributed by atoms with Gasteiger partial charge in [0.25, 0.3) is 0 Å². The Hall–Kier alpha value is -0.650. The molecular weight excluding hydrogens is 258 g/mol. The van der Waals surface area contributed by atoms with Gasteiger partial charge in [-0.1, -0.05) is 20.8 Å². The SMILES string of the molecule is COCCN1CCN(c2nc(C(C)(C)C)cs2)CC1. The lowest BCUT2D eigenvalue weighted by molar-refractivity contribution is 0.144. The van der Waals surface area contributed by atoms with E-state index >= 15 is 0 Å². The van der Waals surface area contributed by atoms with Crippen LogP contribution >= 0.6 is 11.3 Å². The van der Waals surface area contributed by atoms with Crippen LogP contribution in [-0.2, 0) is 10.2 Å². The van der Waals surface area contributed by atoms with Crippen molar-refractivity contribution in [1.29, 1.82) is 0 Å². The number of hydrogen-bond acceptors (Lipinski definition) is 5. The summed E-state index contributed by atoms with van der Waals surface area (Å²) < 4.78 is 5.13. The molecule has 108 valence electrons. The van der Waals surface area contributed by atoms with Crippen molar-refractivity contribution in [3.63, 3.8) is 0 Å². The predicted molar refractivity (Wildman–Crippen MR) is 81.3 cm³/mol. The highest BCUT2D eigenvalue weighted by atomic mass is 32.1. The summed E-state index contributed by atoms with van der Waals surface area (Å²) in [5, 5.41) is 3.38. The maximum absolute atomic E-state index is 5.13. The van der Waals surface area contributed by atoms with Gasteiger partial charge in [0, 0.05) is 50.6 Å². The third kappa shape index (κ3) is 3.91. The maximum atomic E-state index is 5.13. The highest BCUT2D eigenvalue weighted by Gasteiger charge is 2.22. The first-order valence-electron chi connectivity index (χ1n) is 6.93. The zero-order valence-electron chi connectivity index (χ0n) is 12.5. The minimum Gasteiger partial charge on any atom is -0.383 e. The lowest BCUT2D eigenvalue weighted by Gasteiger charge is -2.34. The summed E-state index contributed by atoms with van der Waals surface area (Å²) in [6, 6.07) is 0. The highest BCUT2D eigenvalue weighted by molar-refractivity contribution is 7.13. The minimum absolute atomic E-state index is 0.148. The van der Waals surface area contributed by atoms with Gasteiger partial charge in [0.1, 0.15) is 0 Å². The van der Waals surface area contributed by atoms with Crippen molar-refractivity contribution in [2.24, 2.45) is 0 Å². The second kappa shape index (κ2) is 6.20. The Morgan fingerprint density at radius 1 is 1.26 bits per heavy atom. The van der Waals surface area contributed by atoms with Crippen molar-refractivity contribution >= 4 is 16.5 Å². The third-order valence-corrected chi connectivity index (χ3v) is 4.42. The van der Waals surface area contributed by atoms with Crippen molar-refractivity contribution in [3.8, 4) is 0 Å².